The average molecular weight is 391 g/mol. The van der Waals surface area contributed by atoms with Gasteiger partial charge in [0.25, 0.3) is 0 Å². The van der Waals surface area contributed by atoms with E-state index in [1.165, 1.54) is 18.9 Å². The van der Waals surface area contributed by atoms with Crippen molar-refractivity contribution in [3.05, 3.63) is 81.6 Å². The molecule has 1 aliphatic heterocycles. The number of aromatic nitrogens is 1. The molecular weight excluding hydrogens is 366 g/mol. The Morgan fingerprint density at radius 2 is 1.62 bits per heavy atom. The van der Waals surface area contributed by atoms with E-state index in [0.29, 0.717) is 5.39 Å². The molecule has 2 heterocycles. The molecule has 0 saturated carbocycles. The average Bonchev–Trinajstić information content (AvgIpc) is 2.75. The number of pyridine rings is 1. The van der Waals surface area contributed by atoms with Crippen molar-refractivity contribution in [3.63, 3.8) is 0 Å². The largest absolute Gasteiger partial charge is 0.465 e. The fourth-order valence-electron chi connectivity index (χ4n) is 3.83. The molecule has 4 rings (SSSR count). The second-order valence-corrected chi connectivity index (χ2v) is 7.44. The number of H-pyrrole nitrogens is 1. The van der Waals surface area contributed by atoms with Gasteiger partial charge in [0.2, 0.25) is 5.43 Å². The molecule has 3 aromatic rings. The van der Waals surface area contributed by atoms with Crippen LogP contribution in [0.2, 0.25) is 0 Å². The highest BCUT2D eigenvalue weighted by atomic mass is 16.5. The Kier molecular flexibility index (Phi) is 5.74. The molecule has 1 fully saturated rings. The molecule has 150 valence electrons. The molecule has 0 aliphatic carbocycles. The summed E-state index contributed by atoms with van der Waals surface area (Å²) in [5.41, 5.74) is 2.97. The summed E-state index contributed by atoms with van der Waals surface area (Å²) >= 11 is 0. The minimum absolute atomic E-state index is 0.0299. The summed E-state index contributed by atoms with van der Waals surface area (Å²) in [7, 11) is 1.27. The molecule has 0 spiro atoms. The topological polar surface area (TPSA) is 65.6 Å². The summed E-state index contributed by atoms with van der Waals surface area (Å²) in [5, 5.41) is 0.504. The maximum absolute atomic E-state index is 12.5. The van der Waals surface area contributed by atoms with E-state index in [9.17, 15) is 9.59 Å². The molecule has 1 aromatic heterocycles. The van der Waals surface area contributed by atoms with E-state index in [1.54, 1.807) is 6.07 Å². The molecular formula is C23H25N3O3. The van der Waals surface area contributed by atoms with Crippen LogP contribution in [0.15, 0.2) is 59.5 Å². The van der Waals surface area contributed by atoms with Crippen LogP contribution in [0.3, 0.4) is 0 Å². The number of hydrogen-bond donors (Lipinski definition) is 1. The molecule has 1 N–H and O–H groups in total. The van der Waals surface area contributed by atoms with E-state index >= 15 is 0 Å². The van der Waals surface area contributed by atoms with E-state index in [4.69, 9.17) is 0 Å². The third-order valence-corrected chi connectivity index (χ3v) is 5.47. The fourth-order valence-corrected chi connectivity index (χ4v) is 3.83. The number of rotatable bonds is 5. The Morgan fingerprint density at radius 1 is 0.966 bits per heavy atom. The van der Waals surface area contributed by atoms with Gasteiger partial charge < -0.3 is 9.72 Å². The van der Waals surface area contributed by atoms with Gasteiger partial charge in [-0.1, -0.05) is 36.4 Å². The second-order valence-electron chi connectivity index (χ2n) is 7.44. The highest BCUT2D eigenvalue weighted by Gasteiger charge is 2.18. The van der Waals surface area contributed by atoms with Crippen molar-refractivity contribution >= 4 is 16.9 Å². The lowest BCUT2D eigenvalue weighted by Gasteiger charge is -2.34. The monoisotopic (exact) mass is 391 g/mol. The van der Waals surface area contributed by atoms with Gasteiger partial charge in [-0.25, -0.2) is 4.79 Å². The number of benzene rings is 2. The Balaban J connectivity index is 1.40. The number of esters is 1. The lowest BCUT2D eigenvalue weighted by molar-refractivity contribution is 0.0599. The van der Waals surface area contributed by atoms with Gasteiger partial charge in [0.15, 0.2) is 0 Å². The van der Waals surface area contributed by atoms with Crippen LogP contribution in [0.5, 0.6) is 0 Å². The molecule has 0 radical (unpaired) electrons. The molecule has 6 nitrogen and oxygen atoms in total. The predicted octanol–water partition coefficient (Wildman–Crippen LogP) is 2.63. The van der Waals surface area contributed by atoms with Crippen molar-refractivity contribution in [1.82, 2.24) is 14.8 Å². The molecule has 0 bridgehead atoms. The number of carbonyl (C=O) groups is 1. The third-order valence-electron chi connectivity index (χ3n) is 5.47. The molecule has 1 aliphatic rings. The highest BCUT2D eigenvalue weighted by Crippen LogP contribution is 2.15. The first-order valence-corrected chi connectivity index (χ1v) is 9.85. The third kappa shape index (κ3) is 4.39. The number of nitrogens with one attached hydrogen (secondary N) is 1. The van der Waals surface area contributed by atoms with Crippen LogP contribution in [0.25, 0.3) is 10.9 Å². The summed E-state index contributed by atoms with van der Waals surface area (Å²) in [6.45, 7) is 5.96. The van der Waals surface area contributed by atoms with Crippen LogP contribution in [0.4, 0.5) is 0 Å². The van der Waals surface area contributed by atoms with E-state index in [2.05, 4.69) is 49.9 Å². The van der Waals surface area contributed by atoms with Gasteiger partial charge in [0.05, 0.1) is 7.11 Å². The Bertz CT molecular complexity index is 1050. The van der Waals surface area contributed by atoms with Crippen LogP contribution in [-0.4, -0.2) is 54.0 Å². The quantitative estimate of drug-likeness (QED) is 0.678. The number of hydrogen-bond acceptors (Lipinski definition) is 5. The number of aromatic amines is 1. The zero-order valence-electron chi connectivity index (χ0n) is 16.6. The van der Waals surface area contributed by atoms with E-state index < -0.39 is 5.97 Å². The predicted molar refractivity (Wildman–Crippen MR) is 113 cm³/mol. The van der Waals surface area contributed by atoms with Crippen LogP contribution in [0.1, 0.15) is 21.5 Å². The summed E-state index contributed by atoms with van der Waals surface area (Å²) < 4.78 is 4.67. The van der Waals surface area contributed by atoms with Gasteiger partial charge in [0, 0.05) is 56.4 Å². The molecule has 29 heavy (non-hydrogen) atoms. The van der Waals surface area contributed by atoms with Gasteiger partial charge in [-0.2, -0.15) is 0 Å². The smallest absolute Gasteiger partial charge is 0.343 e. The van der Waals surface area contributed by atoms with Gasteiger partial charge in [-0.15, -0.1) is 0 Å². The maximum Gasteiger partial charge on any atom is 0.343 e. The normalized spacial score (nSPS) is 15.5. The summed E-state index contributed by atoms with van der Waals surface area (Å²) in [4.78, 5) is 32.2. The van der Waals surface area contributed by atoms with Crippen LogP contribution in [-0.2, 0) is 17.8 Å². The van der Waals surface area contributed by atoms with E-state index in [-0.39, 0.29) is 11.0 Å². The fraction of sp³-hybridized carbons (Fsp3) is 0.304. The molecule has 1 saturated heterocycles. The van der Waals surface area contributed by atoms with Gasteiger partial charge in [-0.3, -0.25) is 14.6 Å². The number of carbonyl (C=O) groups excluding carboxylic acids is 1. The lowest BCUT2D eigenvalue weighted by atomic mass is 10.1. The number of nitrogens with zero attached hydrogens (tertiary/aromatic N) is 2. The van der Waals surface area contributed by atoms with Gasteiger partial charge >= 0.3 is 5.97 Å². The SMILES string of the molecule is COC(=O)c1c[nH]c2cc(CN3CCN(Cc4ccccc4)CC3)ccc2c1=O. The second kappa shape index (κ2) is 8.59. The van der Waals surface area contributed by atoms with Crippen molar-refractivity contribution in [2.45, 2.75) is 13.1 Å². The summed E-state index contributed by atoms with van der Waals surface area (Å²) in [6.07, 6.45) is 1.43. The zero-order chi connectivity index (χ0) is 20.2. The summed E-state index contributed by atoms with van der Waals surface area (Å²) in [5.74, 6) is -0.620. The van der Waals surface area contributed by atoms with Gasteiger partial charge in [0.1, 0.15) is 5.56 Å². The molecule has 0 unspecified atom stereocenters. The molecule has 0 amide bonds. The Labute approximate surface area is 169 Å². The van der Waals surface area contributed by atoms with Crippen molar-refractivity contribution in [1.29, 1.82) is 0 Å². The minimum atomic E-state index is -0.620. The van der Waals surface area contributed by atoms with Crippen molar-refractivity contribution in [2.75, 3.05) is 33.3 Å². The van der Waals surface area contributed by atoms with E-state index in [1.807, 2.05) is 12.1 Å². The summed E-state index contributed by atoms with van der Waals surface area (Å²) in [6, 6.07) is 16.3. The Hall–Kier alpha value is -2.96. The van der Waals surface area contributed by atoms with Crippen molar-refractivity contribution in [2.24, 2.45) is 0 Å². The standard InChI is InChI=1S/C23H25N3O3/c1-29-23(28)20-14-24-21-13-18(7-8-19(21)22(20)27)16-26-11-9-25(10-12-26)15-17-5-3-2-4-6-17/h2-8,13-14H,9-12,15-16H2,1H3,(H,24,27). The number of piperazine rings is 1. The van der Waals surface area contributed by atoms with Gasteiger partial charge in [-0.05, 0) is 23.3 Å². The number of methoxy groups -OCH3 is 1. The molecule has 6 heteroatoms. The van der Waals surface area contributed by atoms with Crippen LogP contribution >= 0.6 is 0 Å². The lowest BCUT2D eigenvalue weighted by Crippen LogP contribution is -2.45. The van der Waals surface area contributed by atoms with Crippen molar-refractivity contribution in [3.8, 4) is 0 Å². The maximum atomic E-state index is 12.5. The van der Waals surface area contributed by atoms with Crippen molar-refractivity contribution < 1.29 is 9.53 Å². The van der Waals surface area contributed by atoms with Crippen LogP contribution in [0, 0.1) is 0 Å². The van der Waals surface area contributed by atoms with Crippen LogP contribution < -0.4 is 5.43 Å². The Morgan fingerprint density at radius 3 is 2.28 bits per heavy atom. The minimum Gasteiger partial charge on any atom is -0.465 e. The molecule has 0 atom stereocenters. The first-order valence-electron chi connectivity index (χ1n) is 9.85. The first kappa shape index (κ1) is 19.4. The highest BCUT2D eigenvalue weighted by molar-refractivity contribution is 5.93. The number of ether oxygens (including phenoxy) is 1. The number of fused-ring (bicyclic) bond motifs is 1. The van der Waals surface area contributed by atoms with E-state index in [0.717, 1.165) is 50.3 Å². The zero-order valence-corrected chi connectivity index (χ0v) is 16.6. The first-order chi connectivity index (χ1) is 14.1. The molecule has 2 aromatic carbocycles.